The first kappa shape index (κ1) is 18.1. The summed E-state index contributed by atoms with van der Waals surface area (Å²) in [6.45, 7) is 4.68. The fourth-order valence-corrected chi connectivity index (χ4v) is 3.21. The van der Waals surface area contributed by atoms with Gasteiger partial charge in [0.1, 0.15) is 0 Å². The van der Waals surface area contributed by atoms with Gasteiger partial charge in [-0.1, -0.05) is 74.0 Å². The van der Waals surface area contributed by atoms with Crippen molar-refractivity contribution in [3.05, 3.63) is 71.8 Å². The molecule has 0 aromatic heterocycles. The summed E-state index contributed by atoms with van der Waals surface area (Å²) in [4.78, 5) is 2.38. The average Bonchev–Trinajstić information content (AvgIpc) is 2.64. The summed E-state index contributed by atoms with van der Waals surface area (Å²) < 4.78 is 11.7. The van der Waals surface area contributed by atoms with Crippen LogP contribution in [0.2, 0.25) is 0 Å². The smallest absolute Gasteiger partial charge is 0.402 e. The maximum Gasteiger partial charge on any atom is 0.637 e. The zero-order chi connectivity index (χ0) is 17.5. The first-order valence-corrected chi connectivity index (χ1v) is 9.07. The second kappa shape index (κ2) is 9.16. The van der Waals surface area contributed by atoms with Gasteiger partial charge in [0.15, 0.2) is 0 Å². The van der Waals surface area contributed by atoms with E-state index in [0.29, 0.717) is 0 Å². The Bertz CT molecular complexity index is 574. The third-order valence-corrected chi connectivity index (χ3v) is 4.58. The molecule has 2 unspecified atom stereocenters. The Labute approximate surface area is 150 Å². The Balaban J connectivity index is 1.79. The van der Waals surface area contributed by atoms with Crippen LogP contribution in [0.25, 0.3) is 0 Å². The first-order valence-electron chi connectivity index (χ1n) is 9.07. The number of unbranched alkanes of at least 4 members (excludes halogenated alkanes) is 1. The van der Waals surface area contributed by atoms with E-state index in [0.717, 1.165) is 43.6 Å². The van der Waals surface area contributed by atoms with E-state index in [1.807, 2.05) is 60.7 Å². The van der Waals surface area contributed by atoms with Gasteiger partial charge in [0.25, 0.3) is 0 Å². The highest BCUT2D eigenvalue weighted by atomic mass is 16.7. The van der Waals surface area contributed by atoms with E-state index in [1.54, 1.807) is 0 Å². The van der Waals surface area contributed by atoms with Crippen molar-refractivity contribution < 1.29 is 14.3 Å². The van der Waals surface area contributed by atoms with Gasteiger partial charge in [-0.3, -0.25) is 4.90 Å². The van der Waals surface area contributed by atoms with Gasteiger partial charge in [-0.2, -0.15) is 0 Å². The Morgan fingerprint density at radius 1 is 0.920 bits per heavy atom. The van der Waals surface area contributed by atoms with E-state index < -0.39 is 7.32 Å². The number of rotatable bonds is 5. The Morgan fingerprint density at radius 3 is 1.84 bits per heavy atom. The van der Waals surface area contributed by atoms with Crippen LogP contribution in [0, 0.1) is 0 Å². The molecule has 1 saturated heterocycles. The highest BCUT2D eigenvalue weighted by Gasteiger charge is 2.32. The lowest BCUT2D eigenvalue weighted by Gasteiger charge is -2.35. The van der Waals surface area contributed by atoms with Crippen LogP contribution in [0.3, 0.4) is 0 Å². The maximum atomic E-state index is 10.3. The minimum absolute atomic E-state index is 0.204. The number of benzene rings is 2. The van der Waals surface area contributed by atoms with Crippen LogP contribution in [-0.2, 0) is 9.31 Å². The van der Waals surface area contributed by atoms with E-state index in [4.69, 9.17) is 9.31 Å². The standard InChI is InChI=1S/C20H26BNO3/c1-2-3-14-22-15-19(17-10-6-4-7-11-17)24-21(23)25-20(16-22)18-12-8-5-9-13-18/h4-13,19-20,23H,2-3,14-16H2,1H3. The molecule has 1 heterocycles. The molecule has 1 fully saturated rings. The van der Waals surface area contributed by atoms with E-state index in [-0.39, 0.29) is 12.2 Å². The fraction of sp³-hybridized carbons (Fsp3) is 0.400. The Hall–Kier alpha value is -1.66. The zero-order valence-corrected chi connectivity index (χ0v) is 14.8. The average molecular weight is 339 g/mol. The minimum Gasteiger partial charge on any atom is -0.402 e. The molecule has 0 spiro atoms. The molecule has 0 bridgehead atoms. The van der Waals surface area contributed by atoms with Crippen LogP contribution >= 0.6 is 0 Å². The monoisotopic (exact) mass is 339 g/mol. The van der Waals surface area contributed by atoms with Crippen LogP contribution in [0.1, 0.15) is 43.1 Å². The molecule has 25 heavy (non-hydrogen) atoms. The highest BCUT2D eigenvalue weighted by molar-refractivity contribution is 6.34. The number of nitrogens with zero attached hydrogens (tertiary/aromatic N) is 1. The van der Waals surface area contributed by atoms with E-state index >= 15 is 0 Å². The van der Waals surface area contributed by atoms with Gasteiger partial charge in [-0.05, 0) is 24.1 Å². The Kier molecular flexibility index (Phi) is 6.65. The van der Waals surface area contributed by atoms with Crippen LogP contribution in [0.4, 0.5) is 0 Å². The summed E-state index contributed by atoms with van der Waals surface area (Å²) >= 11 is 0. The lowest BCUT2D eigenvalue weighted by atomic mass is 10.0. The molecule has 132 valence electrons. The van der Waals surface area contributed by atoms with Gasteiger partial charge in [-0.25, -0.2) is 0 Å². The van der Waals surface area contributed by atoms with Crippen molar-refractivity contribution >= 4 is 7.32 Å². The molecule has 3 rings (SSSR count). The molecule has 2 aromatic rings. The van der Waals surface area contributed by atoms with Crippen molar-refractivity contribution in [1.29, 1.82) is 0 Å². The molecule has 5 heteroatoms. The van der Waals surface area contributed by atoms with Crippen molar-refractivity contribution in [2.24, 2.45) is 0 Å². The number of hydrogen-bond acceptors (Lipinski definition) is 4. The molecule has 2 atom stereocenters. The maximum absolute atomic E-state index is 10.3. The molecular formula is C20H26BNO3. The summed E-state index contributed by atoms with van der Waals surface area (Å²) in [5, 5.41) is 10.3. The highest BCUT2D eigenvalue weighted by Crippen LogP contribution is 2.27. The van der Waals surface area contributed by atoms with Crippen molar-refractivity contribution in [2.75, 3.05) is 19.6 Å². The second-order valence-corrected chi connectivity index (χ2v) is 6.49. The molecule has 0 radical (unpaired) electrons. The van der Waals surface area contributed by atoms with E-state index in [1.165, 1.54) is 0 Å². The SMILES string of the molecule is CCCCN1CC(c2ccccc2)OB(O)OC(c2ccccc2)C1. The molecule has 0 amide bonds. The molecule has 1 aliphatic rings. The Morgan fingerprint density at radius 2 is 1.40 bits per heavy atom. The van der Waals surface area contributed by atoms with Gasteiger partial charge in [0.05, 0.1) is 12.2 Å². The minimum atomic E-state index is -1.23. The van der Waals surface area contributed by atoms with Crippen LogP contribution < -0.4 is 0 Å². The van der Waals surface area contributed by atoms with Gasteiger partial charge in [-0.15, -0.1) is 0 Å². The van der Waals surface area contributed by atoms with E-state index in [2.05, 4.69) is 11.8 Å². The summed E-state index contributed by atoms with van der Waals surface area (Å²) in [6, 6.07) is 20.1. The lowest BCUT2D eigenvalue weighted by Crippen LogP contribution is -2.42. The van der Waals surface area contributed by atoms with Crippen molar-refractivity contribution in [1.82, 2.24) is 4.90 Å². The van der Waals surface area contributed by atoms with E-state index in [9.17, 15) is 5.02 Å². The van der Waals surface area contributed by atoms with Gasteiger partial charge >= 0.3 is 7.32 Å². The van der Waals surface area contributed by atoms with Gasteiger partial charge in [0, 0.05) is 13.1 Å². The summed E-state index contributed by atoms with van der Waals surface area (Å²) in [5.41, 5.74) is 2.12. The normalized spacial score (nSPS) is 22.4. The molecule has 0 aliphatic carbocycles. The third-order valence-electron chi connectivity index (χ3n) is 4.58. The predicted molar refractivity (Wildman–Crippen MR) is 99.9 cm³/mol. The van der Waals surface area contributed by atoms with Gasteiger partial charge in [0.2, 0.25) is 0 Å². The molecule has 1 aliphatic heterocycles. The molecule has 1 N–H and O–H groups in total. The quantitative estimate of drug-likeness (QED) is 0.846. The zero-order valence-electron chi connectivity index (χ0n) is 14.8. The van der Waals surface area contributed by atoms with Crippen molar-refractivity contribution in [2.45, 2.75) is 32.0 Å². The first-order chi connectivity index (χ1) is 12.3. The number of hydrogen-bond donors (Lipinski definition) is 1. The van der Waals surface area contributed by atoms with Crippen molar-refractivity contribution in [3.8, 4) is 0 Å². The predicted octanol–water partition coefficient (Wildman–Crippen LogP) is 3.60. The lowest BCUT2D eigenvalue weighted by molar-refractivity contribution is -0.00818. The summed E-state index contributed by atoms with van der Waals surface area (Å²) in [7, 11) is -1.23. The molecule has 0 saturated carbocycles. The van der Waals surface area contributed by atoms with Gasteiger partial charge < -0.3 is 14.3 Å². The summed E-state index contributed by atoms with van der Waals surface area (Å²) in [6.07, 6.45) is 1.87. The van der Waals surface area contributed by atoms with Crippen LogP contribution in [0.15, 0.2) is 60.7 Å². The fourth-order valence-electron chi connectivity index (χ4n) is 3.21. The molecule has 4 nitrogen and oxygen atoms in total. The molecule has 2 aromatic carbocycles. The largest absolute Gasteiger partial charge is 0.637 e. The third kappa shape index (κ3) is 5.16. The topological polar surface area (TPSA) is 41.9 Å². The molecular weight excluding hydrogens is 313 g/mol. The van der Waals surface area contributed by atoms with Crippen molar-refractivity contribution in [3.63, 3.8) is 0 Å². The summed E-state index contributed by atoms with van der Waals surface area (Å²) in [5.74, 6) is 0. The van der Waals surface area contributed by atoms with Crippen LogP contribution in [0.5, 0.6) is 0 Å². The van der Waals surface area contributed by atoms with Crippen LogP contribution in [-0.4, -0.2) is 36.9 Å². The second-order valence-electron chi connectivity index (χ2n) is 6.49.